The molecule has 1 N–H and O–H groups in total. The number of hydrogen-bond acceptors (Lipinski definition) is 3. The molecule has 2 heterocycles. The van der Waals surface area contributed by atoms with Crippen molar-refractivity contribution in [3.63, 3.8) is 0 Å². The van der Waals surface area contributed by atoms with Gasteiger partial charge in [0.1, 0.15) is 5.82 Å². The Hall–Kier alpha value is -2.43. The molecule has 0 radical (unpaired) electrons. The molecule has 4 nitrogen and oxygen atoms in total. The van der Waals surface area contributed by atoms with Gasteiger partial charge in [0.2, 0.25) is 5.95 Å². The van der Waals surface area contributed by atoms with Crippen molar-refractivity contribution in [1.29, 1.82) is 0 Å². The third-order valence-electron chi connectivity index (χ3n) is 5.94. The van der Waals surface area contributed by atoms with Crippen LogP contribution in [0.5, 0.6) is 0 Å². The van der Waals surface area contributed by atoms with Gasteiger partial charge in [0, 0.05) is 18.4 Å². The van der Waals surface area contributed by atoms with Crippen LogP contribution in [-0.2, 0) is 0 Å². The molecule has 148 valence electrons. The highest BCUT2D eigenvalue weighted by Crippen LogP contribution is 2.39. The second-order valence-corrected chi connectivity index (χ2v) is 8.10. The number of fused-ring (bicyclic) bond motifs is 1. The second-order valence-electron chi connectivity index (χ2n) is 8.10. The molecule has 1 saturated carbocycles. The minimum atomic E-state index is -0.222. The third kappa shape index (κ3) is 3.89. The Morgan fingerprint density at radius 2 is 1.89 bits per heavy atom. The summed E-state index contributed by atoms with van der Waals surface area (Å²) < 4.78 is 15.5. The van der Waals surface area contributed by atoms with Crippen LogP contribution in [-0.4, -0.2) is 21.1 Å². The highest BCUT2D eigenvalue weighted by molar-refractivity contribution is 5.82. The number of halogens is 1. The van der Waals surface area contributed by atoms with Crippen LogP contribution in [0.25, 0.3) is 16.7 Å². The van der Waals surface area contributed by atoms with E-state index in [0.717, 1.165) is 42.0 Å². The van der Waals surface area contributed by atoms with Gasteiger partial charge in [0.25, 0.3) is 0 Å². The molecule has 0 saturated heterocycles. The number of anilines is 1. The number of aromatic nitrogens is 3. The maximum absolute atomic E-state index is 13.4. The average molecular weight is 381 g/mol. The molecular formula is C23H29FN4. The van der Waals surface area contributed by atoms with Gasteiger partial charge < -0.3 is 9.88 Å². The molecule has 2 aromatic heterocycles. The Kier molecular flexibility index (Phi) is 5.60. The number of rotatable bonds is 6. The van der Waals surface area contributed by atoms with Gasteiger partial charge in [-0.25, -0.2) is 14.4 Å². The summed E-state index contributed by atoms with van der Waals surface area (Å²) in [6.07, 6.45) is 11.3. The first-order valence-corrected chi connectivity index (χ1v) is 10.5. The molecule has 0 aliphatic heterocycles. The van der Waals surface area contributed by atoms with E-state index in [2.05, 4.69) is 34.9 Å². The first-order chi connectivity index (χ1) is 13.7. The predicted molar refractivity (Wildman–Crippen MR) is 113 cm³/mol. The molecule has 0 unspecified atom stereocenters. The van der Waals surface area contributed by atoms with E-state index in [0.29, 0.717) is 11.9 Å². The average Bonchev–Trinajstić information content (AvgIpc) is 3.08. The van der Waals surface area contributed by atoms with Crippen LogP contribution in [0.3, 0.4) is 0 Å². The van der Waals surface area contributed by atoms with Gasteiger partial charge in [0.15, 0.2) is 0 Å². The Labute approximate surface area is 166 Å². The van der Waals surface area contributed by atoms with Gasteiger partial charge in [-0.05, 0) is 60.9 Å². The first kappa shape index (κ1) is 18.9. The number of unbranched alkanes of at least 4 members (excludes halogenated alkanes) is 1. The van der Waals surface area contributed by atoms with Gasteiger partial charge in [0.05, 0.1) is 17.2 Å². The summed E-state index contributed by atoms with van der Waals surface area (Å²) in [4.78, 5) is 9.42. The minimum absolute atomic E-state index is 0.222. The molecule has 1 aliphatic rings. The summed E-state index contributed by atoms with van der Waals surface area (Å²) in [6.45, 7) is 5.41. The van der Waals surface area contributed by atoms with Crippen molar-refractivity contribution in [1.82, 2.24) is 14.5 Å². The maximum atomic E-state index is 13.4. The van der Waals surface area contributed by atoms with Crippen molar-refractivity contribution < 1.29 is 4.39 Å². The summed E-state index contributed by atoms with van der Waals surface area (Å²) in [7, 11) is 0. The topological polar surface area (TPSA) is 42.7 Å². The van der Waals surface area contributed by atoms with E-state index < -0.39 is 0 Å². The highest BCUT2D eigenvalue weighted by Gasteiger charge is 2.24. The molecule has 3 aromatic rings. The zero-order valence-corrected chi connectivity index (χ0v) is 16.8. The number of nitrogens with one attached hydrogen (secondary N) is 1. The molecule has 0 spiro atoms. The SMILES string of the molecule is CCCCNc1ncc2c(n1)c(C1CCC(C)CC1)cn2-c1ccc(F)cc1. The van der Waals surface area contributed by atoms with Crippen LogP contribution in [0.2, 0.25) is 0 Å². The highest BCUT2D eigenvalue weighted by atomic mass is 19.1. The van der Waals surface area contributed by atoms with E-state index in [1.165, 1.54) is 43.4 Å². The summed E-state index contributed by atoms with van der Waals surface area (Å²) in [5.41, 5.74) is 4.25. The van der Waals surface area contributed by atoms with Gasteiger partial charge in [-0.2, -0.15) is 0 Å². The lowest BCUT2D eigenvalue weighted by Gasteiger charge is -2.25. The zero-order valence-electron chi connectivity index (χ0n) is 16.8. The summed E-state index contributed by atoms with van der Waals surface area (Å²) in [6, 6.07) is 6.64. The molecule has 0 amide bonds. The molecule has 5 heteroatoms. The minimum Gasteiger partial charge on any atom is -0.354 e. The number of hydrogen-bond donors (Lipinski definition) is 1. The normalized spacial score (nSPS) is 19.8. The van der Waals surface area contributed by atoms with Crippen molar-refractivity contribution in [2.75, 3.05) is 11.9 Å². The van der Waals surface area contributed by atoms with Crippen LogP contribution in [0.1, 0.15) is 63.9 Å². The predicted octanol–water partition coefficient (Wildman–Crippen LogP) is 6.07. The van der Waals surface area contributed by atoms with E-state index >= 15 is 0 Å². The molecule has 0 bridgehead atoms. The molecule has 1 aromatic carbocycles. The monoisotopic (exact) mass is 380 g/mol. The Bertz CT molecular complexity index is 924. The Morgan fingerprint density at radius 3 is 2.61 bits per heavy atom. The molecule has 4 rings (SSSR count). The number of benzene rings is 1. The van der Waals surface area contributed by atoms with E-state index in [4.69, 9.17) is 4.98 Å². The van der Waals surface area contributed by atoms with Gasteiger partial charge in [-0.1, -0.05) is 33.1 Å². The fraction of sp³-hybridized carbons (Fsp3) is 0.478. The van der Waals surface area contributed by atoms with Crippen molar-refractivity contribution in [3.8, 4) is 5.69 Å². The van der Waals surface area contributed by atoms with Gasteiger partial charge in [-0.3, -0.25) is 0 Å². The van der Waals surface area contributed by atoms with Gasteiger partial charge in [-0.15, -0.1) is 0 Å². The smallest absolute Gasteiger partial charge is 0.223 e. The lowest BCUT2D eigenvalue weighted by molar-refractivity contribution is 0.349. The van der Waals surface area contributed by atoms with Crippen molar-refractivity contribution in [2.45, 2.75) is 58.3 Å². The first-order valence-electron chi connectivity index (χ1n) is 10.5. The zero-order chi connectivity index (χ0) is 19.5. The molecule has 28 heavy (non-hydrogen) atoms. The van der Waals surface area contributed by atoms with E-state index in [-0.39, 0.29) is 5.82 Å². The fourth-order valence-corrected chi connectivity index (χ4v) is 4.18. The Balaban J connectivity index is 1.75. The lowest BCUT2D eigenvalue weighted by Crippen LogP contribution is -2.11. The third-order valence-corrected chi connectivity index (χ3v) is 5.94. The largest absolute Gasteiger partial charge is 0.354 e. The summed E-state index contributed by atoms with van der Waals surface area (Å²) in [5.74, 6) is 1.81. The van der Waals surface area contributed by atoms with Crippen molar-refractivity contribution in [3.05, 3.63) is 48.0 Å². The van der Waals surface area contributed by atoms with Crippen molar-refractivity contribution in [2.24, 2.45) is 5.92 Å². The molecule has 1 fully saturated rings. The standard InChI is InChI=1S/C23H29FN4/c1-3-4-13-25-23-26-14-21-22(27-23)20(17-7-5-16(2)6-8-17)15-28(21)19-11-9-18(24)10-12-19/h9-12,14-17H,3-8,13H2,1-2H3,(H,25,26,27). The van der Waals surface area contributed by atoms with Crippen LogP contribution >= 0.6 is 0 Å². The van der Waals surface area contributed by atoms with Crippen LogP contribution in [0.4, 0.5) is 10.3 Å². The molecular weight excluding hydrogens is 351 g/mol. The van der Waals surface area contributed by atoms with E-state index in [1.54, 1.807) is 0 Å². The van der Waals surface area contributed by atoms with Crippen LogP contribution in [0.15, 0.2) is 36.7 Å². The van der Waals surface area contributed by atoms with E-state index in [1.807, 2.05) is 18.3 Å². The lowest BCUT2D eigenvalue weighted by atomic mass is 9.80. The fourth-order valence-electron chi connectivity index (χ4n) is 4.18. The summed E-state index contributed by atoms with van der Waals surface area (Å²) >= 11 is 0. The van der Waals surface area contributed by atoms with Crippen LogP contribution in [0, 0.1) is 11.7 Å². The maximum Gasteiger partial charge on any atom is 0.223 e. The molecule has 1 aliphatic carbocycles. The Morgan fingerprint density at radius 1 is 1.14 bits per heavy atom. The van der Waals surface area contributed by atoms with Gasteiger partial charge >= 0.3 is 0 Å². The summed E-state index contributed by atoms with van der Waals surface area (Å²) in [5, 5.41) is 3.35. The van der Waals surface area contributed by atoms with Crippen LogP contribution < -0.4 is 5.32 Å². The number of nitrogens with zero attached hydrogens (tertiary/aromatic N) is 3. The second kappa shape index (κ2) is 8.29. The van der Waals surface area contributed by atoms with E-state index in [9.17, 15) is 4.39 Å². The molecule has 0 atom stereocenters. The quantitative estimate of drug-likeness (QED) is 0.528. The van der Waals surface area contributed by atoms with Crippen molar-refractivity contribution >= 4 is 17.0 Å².